The van der Waals surface area contributed by atoms with E-state index in [1.807, 2.05) is 25.1 Å². The molecule has 1 nitrogen and oxygen atoms in total. The van der Waals surface area contributed by atoms with Crippen molar-refractivity contribution in [3.05, 3.63) is 66.4 Å². The van der Waals surface area contributed by atoms with Gasteiger partial charge in [-0.1, -0.05) is 43.5 Å². The Balaban J connectivity index is 2.83. The third-order valence-electron chi connectivity index (χ3n) is 2.19. The van der Waals surface area contributed by atoms with Crippen LogP contribution in [0, 0.1) is 6.92 Å². The molecule has 1 aromatic carbocycles. The summed E-state index contributed by atoms with van der Waals surface area (Å²) >= 11 is 0. The van der Waals surface area contributed by atoms with Crippen molar-refractivity contribution in [3.8, 4) is 0 Å². The highest BCUT2D eigenvalue weighted by molar-refractivity contribution is 5.65. The van der Waals surface area contributed by atoms with Crippen molar-refractivity contribution >= 4 is 5.70 Å². The summed E-state index contributed by atoms with van der Waals surface area (Å²) in [6, 6.07) is 8.18. The molecule has 0 fully saturated rings. The largest absolute Gasteiger partial charge is 0.359 e. The standard InChI is InChI=1S/C14H17N/c1-5-8-12(3)15-13(4)14-10-7-6-9-11(14)2/h5-10,15H,1,4H2,2-3H3/b12-8+. The summed E-state index contributed by atoms with van der Waals surface area (Å²) in [6.07, 6.45) is 3.68. The van der Waals surface area contributed by atoms with Gasteiger partial charge in [0.2, 0.25) is 0 Å². The van der Waals surface area contributed by atoms with Crippen LogP contribution in [0.4, 0.5) is 0 Å². The Morgan fingerprint density at radius 1 is 1.33 bits per heavy atom. The fourth-order valence-corrected chi connectivity index (χ4v) is 1.44. The molecular weight excluding hydrogens is 182 g/mol. The Morgan fingerprint density at radius 2 is 2.00 bits per heavy atom. The fraction of sp³-hybridized carbons (Fsp3) is 0.143. The van der Waals surface area contributed by atoms with Crippen molar-refractivity contribution in [1.29, 1.82) is 0 Å². The lowest BCUT2D eigenvalue weighted by Crippen LogP contribution is -2.09. The molecule has 0 aromatic heterocycles. The fourth-order valence-electron chi connectivity index (χ4n) is 1.44. The molecule has 0 aliphatic rings. The normalized spacial score (nSPS) is 10.9. The molecular formula is C14H17N. The first-order valence-electron chi connectivity index (χ1n) is 4.96. The van der Waals surface area contributed by atoms with Crippen molar-refractivity contribution in [2.24, 2.45) is 0 Å². The minimum atomic E-state index is 0.920. The van der Waals surface area contributed by atoms with Crippen LogP contribution in [0.3, 0.4) is 0 Å². The number of benzene rings is 1. The van der Waals surface area contributed by atoms with E-state index in [2.05, 4.69) is 37.5 Å². The Morgan fingerprint density at radius 3 is 2.60 bits per heavy atom. The number of hydrogen-bond acceptors (Lipinski definition) is 1. The van der Waals surface area contributed by atoms with Crippen molar-refractivity contribution in [3.63, 3.8) is 0 Å². The summed E-state index contributed by atoms with van der Waals surface area (Å²) in [4.78, 5) is 0. The summed E-state index contributed by atoms with van der Waals surface area (Å²) in [6.45, 7) is 11.7. The smallest absolute Gasteiger partial charge is 0.0385 e. The van der Waals surface area contributed by atoms with E-state index in [4.69, 9.17) is 0 Å². The second-order valence-corrected chi connectivity index (χ2v) is 3.50. The molecule has 1 heteroatoms. The SMILES string of the molecule is C=C/C=C(\C)NC(=C)c1ccccc1C. The number of nitrogens with one attached hydrogen (secondary N) is 1. The summed E-state index contributed by atoms with van der Waals surface area (Å²) in [7, 11) is 0. The molecule has 1 N–H and O–H groups in total. The highest BCUT2D eigenvalue weighted by Gasteiger charge is 2.00. The first-order chi connectivity index (χ1) is 7.15. The molecule has 15 heavy (non-hydrogen) atoms. The monoisotopic (exact) mass is 199 g/mol. The van der Waals surface area contributed by atoms with Gasteiger partial charge < -0.3 is 5.32 Å². The zero-order valence-electron chi connectivity index (χ0n) is 9.38. The van der Waals surface area contributed by atoms with E-state index >= 15 is 0 Å². The van der Waals surface area contributed by atoms with Gasteiger partial charge in [0.25, 0.3) is 0 Å². The summed E-state index contributed by atoms with van der Waals surface area (Å²) in [5, 5.41) is 3.23. The van der Waals surface area contributed by atoms with Crippen LogP contribution in [-0.2, 0) is 0 Å². The highest BCUT2D eigenvalue weighted by atomic mass is 14.9. The van der Waals surface area contributed by atoms with Crippen LogP contribution in [-0.4, -0.2) is 0 Å². The molecule has 0 saturated carbocycles. The van der Waals surface area contributed by atoms with E-state index in [1.165, 1.54) is 5.56 Å². The average Bonchev–Trinajstić information content (AvgIpc) is 2.18. The van der Waals surface area contributed by atoms with Crippen LogP contribution >= 0.6 is 0 Å². The van der Waals surface area contributed by atoms with Gasteiger partial charge >= 0.3 is 0 Å². The van der Waals surface area contributed by atoms with Crippen LogP contribution in [0.5, 0.6) is 0 Å². The molecule has 0 spiro atoms. The van der Waals surface area contributed by atoms with Gasteiger partial charge in [-0.15, -0.1) is 0 Å². The molecule has 1 aromatic rings. The molecule has 0 atom stereocenters. The number of aryl methyl sites for hydroxylation is 1. The van der Waals surface area contributed by atoms with E-state index < -0.39 is 0 Å². The van der Waals surface area contributed by atoms with Crippen molar-refractivity contribution in [2.45, 2.75) is 13.8 Å². The third kappa shape index (κ3) is 3.13. The molecule has 0 saturated heterocycles. The summed E-state index contributed by atoms with van der Waals surface area (Å²) in [5.74, 6) is 0. The van der Waals surface area contributed by atoms with Crippen LogP contribution in [0.15, 0.2) is 55.3 Å². The lowest BCUT2D eigenvalue weighted by Gasteiger charge is -2.11. The average molecular weight is 199 g/mol. The zero-order valence-corrected chi connectivity index (χ0v) is 9.38. The van der Waals surface area contributed by atoms with Crippen LogP contribution in [0.25, 0.3) is 5.70 Å². The van der Waals surface area contributed by atoms with Crippen LogP contribution in [0.2, 0.25) is 0 Å². The maximum Gasteiger partial charge on any atom is 0.0385 e. The molecule has 1 rings (SSSR count). The lowest BCUT2D eigenvalue weighted by atomic mass is 10.1. The second-order valence-electron chi connectivity index (χ2n) is 3.50. The molecule has 0 aliphatic carbocycles. The first-order valence-corrected chi connectivity index (χ1v) is 4.96. The van der Waals surface area contributed by atoms with E-state index in [0.717, 1.165) is 17.0 Å². The minimum Gasteiger partial charge on any atom is -0.359 e. The van der Waals surface area contributed by atoms with Gasteiger partial charge in [-0.2, -0.15) is 0 Å². The maximum absolute atomic E-state index is 4.02. The van der Waals surface area contributed by atoms with Gasteiger partial charge in [-0.05, 0) is 25.5 Å². The van der Waals surface area contributed by atoms with Crippen molar-refractivity contribution in [1.82, 2.24) is 5.32 Å². The maximum atomic E-state index is 4.02. The van der Waals surface area contributed by atoms with E-state index in [0.29, 0.717) is 0 Å². The van der Waals surface area contributed by atoms with Crippen LogP contribution < -0.4 is 5.32 Å². The predicted molar refractivity (Wildman–Crippen MR) is 67.3 cm³/mol. The van der Waals surface area contributed by atoms with Gasteiger partial charge in [-0.3, -0.25) is 0 Å². The first kappa shape index (κ1) is 11.3. The molecule has 0 aliphatic heterocycles. The van der Waals surface area contributed by atoms with Gasteiger partial charge in [0.05, 0.1) is 0 Å². The molecule has 0 radical (unpaired) electrons. The molecule has 78 valence electrons. The van der Waals surface area contributed by atoms with Crippen molar-refractivity contribution in [2.75, 3.05) is 0 Å². The third-order valence-corrected chi connectivity index (χ3v) is 2.19. The van der Waals surface area contributed by atoms with E-state index in [9.17, 15) is 0 Å². The van der Waals surface area contributed by atoms with Gasteiger partial charge in [0.15, 0.2) is 0 Å². The van der Waals surface area contributed by atoms with E-state index in [1.54, 1.807) is 6.08 Å². The number of allylic oxidation sites excluding steroid dienone is 3. The summed E-state index contributed by atoms with van der Waals surface area (Å²) < 4.78 is 0. The Kier molecular flexibility index (Phi) is 3.92. The molecule has 0 unspecified atom stereocenters. The van der Waals surface area contributed by atoms with Gasteiger partial charge in [0.1, 0.15) is 0 Å². The minimum absolute atomic E-state index is 0.920. The van der Waals surface area contributed by atoms with E-state index in [-0.39, 0.29) is 0 Å². The van der Waals surface area contributed by atoms with Gasteiger partial charge in [-0.25, -0.2) is 0 Å². The summed E-state index contributed by atoms with van der Waals surface area (Å²) in [5.41, 5.74) is 4.33. The predicted octanol–water partition coefficient (Wildman–Crippen LogP) is 3.65. The Labute approximate surface area is 91.8 Å². The van der Waals surface area contributed by atoms with Gasteiger partial charge in [0, 0.05) is 17.0 Å². The molecule has 0 bridgehead atoms. The number of rotatable bonds is 4. The molecule has 0 amide bonds. The number of hydrogen-bond donors (Lipinski definition) is 1. The topological polar surface area (TPSA) is 12.0 Å². The lowest BCUT2D eigenvalue weighted by molar-refractivity contribution is 1.08. The Bertz CT molecular complexity index is 400. The van der Waals surface area contributed by atoms with Crippen molar-refractivity contribution < 1.29 is 0 Å². The zero-order chi connectivity index (χ0) is 11.3. The van der Waals surface area contributed by atoms with Crippen LogP contribution in [0.1, 0.15) is 18.1 Å². The highest BCUT2D eigenvalue weighted by Crippen LogP contribution is 2.15. The second kappa shape index (κ2) is 5.20. The Hall–Kier alpha value is -1.76. The molecule has 0 heterocycles. The quantitative estimate of drug-likeness (QED) is 0.730.